The van der Waals surface area contributed by atoms with Crippen LogP contribution >= 0.6 is 0 Å². The van der Waals surface area contributed by atoms with Crippen molar-refractivity contribution < 1.29 is 13.2 Å². The number of H-pyrrole nitrogens is 2. The molecule has 11 heteroatoms. The average Bonchev–Trinajstić information content (AvgIpc) is 3.31. The summed E-state index contributed by atoms with van der Waals surface area (Å²) in [5, 5.41) is 5.60. The van der Waals surface area contributed by atoms with Crippen LogP contribution in [-0.4, -0.2) is 39.5 Å². The summed E-state index contributed by atoms with van der Waals surface area (Å²) >= 11 is 0. The Morgan fingerprint density at radius 3 is 2.62 bits per heavy atom. The number of alkyl halides is 3. The Balaban J connectivity index is 1.99. The highest BCUT2D eigenvalue weighted by Gasteiger charge is 2.36. The lowest BCUT2D eigenvalue weighted by atomic mass is 10.2. The molecular weight excluding hydrogens is 349 g/mol. The lowest BCUT2D eigenvalue weighted by molar-refractivity contribution is -0.144. The number of aryl methyl sites for hydroxylation is 2. The fraction of sp³-hybridized carbons (Fsp3) is 0.267. The molecule has 0 bridgehead atoms. The molecule has 0 amide bonds. The summed E-state index contributed by atoms with van der Waals surface area (Å²) in [5.74, 6) is -0.993. The normalized spacial score (nSPS) is 12.2. The Bertz CT molecular complexity index is 1070. The number of aromatic amines is 2. The number of hydrogen-bond donors (Lipinski definition) is 2. The number of nitrogens with one attached hydrogen (secondary N) is 2. The summed E-state index contributed by atoms with van der Waals surface area (Å²) in [6.07, 6.45) is 0.947. The van der Waals surface area contributed by atoms with E-state index in [1.54, 1.807) is 10.6 Å². The molecule has 134 valence electrons. The molecule has 0 saturated heterocycles. The van der Waals surface area contributed by atoms with Crippen LogP contribution in [0.5, 0.6) is 0 Å². The van der Waals surface area contributed by atoms with Gasteiger partial charge in [-0.25, -0.2) is 19.9 Å². The van der Waals surface area contributed by atoms with E-state index in [0.29, 0.717) is 23.6 Å². The average molecular weight is 362 g/mol. The van der Waals surface area contributed by atoms with Crippen LogP contribution in [0.1, 0.15) is 24.0 Å². The smallest absolute Gasteiger partial charge is 0.343 e. The Kier molecular flexibility index (Phi) is 3.53. The van der Waals surface area contributed by atoms with Gasteiger partial charge in [-0.1, -0.05) is 6.92 Å². The number of imidazole rings is 2. The molecule has 0 spiro atoms. The van der Waals surface area contributed by atoms with Gasteiger partial charge in [0.25, 0.3) is 0 Å². The molecule has 0 unspecified atom stereocenters. The second-order valence-electron chi connectivity index (χ2n) is 5.67. The summed E-state index contributed by atoms with van der Waals surface area (Å²) in [6.45, 7) is 3.88. The highest BCUT2D eigenvalue weighted by Crippen LogP contribution is 2.32. The van der Waals surface area contributed by atoms with Crippen LogP contribution in [0, 0.1) is 6.92 Å². The van der Waals surface area contributed by atoms with E-state index in [1.165, 1.54) is 6.33 Å². The minimum Gasteiger partial charge on any atom is -0.343 e. The van der Waals surface area contributed by atoms with Crippen molar-refractivity contribution in [1.29, 1.82) is 0 Å². The summed E-state index contributed by atoms with van der Waals surface area (Å²) < 4.78 is 40.3. The fourth-order valence-corrected chi connectivity index (χ4v) is 2.75. The Morgan fingerprint density at radius 1 is 1.19 bits per heavy atom. The molecule has 4 aromatic heterocycles. The highest BCUT2D eigenvalue weighted by atomic mass is 19.4. The van der Waals surface area contributed by atoms with Crippen molar-refractivity contribution in [3.8, 4) is 22.9 Å². The minimum absolute atomic E-state index is 0.164. The number of halogens is 3. The zero-order valence-corrected chi connectivity index (χ0v) is 13.8. The summed E-state index contributed by atoms with van der Waals surface area (Å²) in [5.41, 5.74) is 3.03. The van der Waals surface area contributed by atoms with E-state index < -0.39 is 12.0 Å². The van der Waals surface area contributed by atoms with E-state index in [2.05, 4.69) is 30.0 Å². The number of nitrogens with zero attached hydrogens (tertiary/aromatic N) is 6. The molecule has 0 saturated carbocycles. The van der Waals surface area contributed by atoms with Crippen LogP contribution in [0.25, 0.3) is 28.7 Å². The SMILES string of the molecule is CCc1nc2nc(-c3n[nH]c(C(F)(F)F)n3)c(-c3cnc[nH]3)n2cc1C. The number of hydrogen-bond acceptors (Lipinski definition) is 5. The Morgan fingerprint density at radius 2 is 2.00 bits per heavy atom. The van der Waals surface area contributed by atoms with Crippen LogP contribution in [0.3, 0.4) is 0 Å². The van der Waals surface area contributed by atoms with E-state index in [9.17, 15) is 13.2 Å². The molecule has 0 atom stereocenters. The van der Waals surface area contributed by atoms with Crippen molar-refractivity contribution in [2.45, 2.75) is 26.4 Å². The van der Waals surface area contributed by atoms with E-state index >= 15 is 0 Å². The van der Waals surface area contributed by atoms with Gasteiger partial charge in [-0.15, -0.1) is 0 Å². The zero-order chi connectivity index (χ0) is 18.5. The van der Waals surface area contributed by atoms with Gasteiger partial charge in [0.15, 0.2) is 0 Å². The van der Waals surface area contributed by atoms with Gasteiger partial charge in [0.1, 0.15) is 11.4 Å². The molecule has 0 fully saturated rings. The molecule has 0 aliphatic heterocycles. The van der Waals surface area contributed by atoms with E-state index in [-0.39, 0.29) is 11.5 Å². The van der Waals surface area contributed by atoms with E-state index in [1.807, 2.05) is 25.1 Å². The van der Waals surface area contributed by atoms with Gasteiger partial charge in [-0.05, 0) is 18.9 Å². The van der Waals surface area contributed by atoms with Crippen molar-refractivity contribution in [2.24, 2.45) is 0 Å². The summed E-state index contributed by atoms with van der Waals surface area (Å²) in [6, 6.07) is 0. The van der Waals surface area contributed by atoms with E-state index in [4.69, 9.17) is 0 Å². The predicted molar refractivity (Wildman–Crippen MR) is 85.1 cm³/mol. The van der Waals surface area contributed by atoms with Gasteiger partial charge in [0.2, 0.25) is 17.4 Å². The number of fused-ring (bicyclic) bond motifs is 1. The summed E-state index contributed by atoms with van der Waals surface area (Å²) in [4.78, 5) is 19.3. The topological polar surface area (TPSA) is 100 Å². The van der Waals surface area contributed by atoms with Crippen LogP contribution in [0.2, 0.25) is 0 Å². The molecule has 8 nitrogen and oxygen atoms in total. The van der Waals surface area contributed by atoms with Crippen LogP contribution in [0.15, 0.2) is 18.7 Å². The monoisotopic (exact) mass is 362 g/mol. The molecule has 0 aromatic carbocycles. The van der Waals surface area contributed by atoms with Crippen LogP contribution < -0.4 is 0 Å². The maximum absolute atomic E-state index is 12.9. The minimum atomic E-state index is -4.62. The lowest BCUT2D eigenvalue weighted by Crippen LogP contribution is -2.07. The molecule has 26 heavy (non-hydrogen) atoms. The van der Waals surface area contributed by atoms with Crippen molar-refractivity contribution >= 4 is 5.78 Å². The van der Waals surface area contributed by atoms with Crippen molar-refractivity contribution in [2.75, 3.05) is 0 Å². The first-order valence-corrected chi connectivity index (χ1v) is 7.75. The molecular formula is C15H13F3N8. The Hall–Kier alpha value is -3.24. The van der Waals surface area contributed by atoms with Gasteiger partial charge in [-0.2, -0.15) is 18.3 Å². The van der Waals surface area contributed by atoms with Crippen molar-refractivity contribution in [1.82, 2.24) is 39.5 Å². The molecule has 0 aliphatic carbocycles. The van der Waals surface area contributed by atoms with Gasteiger partial charge in [-0.3, -0.25) is 9.50 Å². The third kappa shape index (κ3) is 2.52. The third-order valence-corrected chi connectivity index (χ3v) is 3.96. The van der Waals surface area contributed by atoms with E-state index in [0.717, 1.165) is 11.3 Å². The predicted octanol–water partition coefficient (Wildman–Crippen LogP) is 2.79. The third-order valence-electron chi connectivity index (χ3n) is 3.96. The molecule has 0 aliphatic rings. The lowest BCUT2D eigenvalue weighted by Gasteiger charge is -2.05. The van der Waals surface area contributed by atoms with Crippen LogP contribution in [-0.2, 0) is 12.6 Å². The molecule has 4 rings (SSSR count). The maximum Gasteiger partial charge on any atom is 0.451 e. The number of aromatic nitrogens is 8. The maximum atomic E-state index is 12.9. The molecule has 2 N–H and O–H groups in total. The standard InChI is InChI=1S/C15H13F3N8/c1-3-8-7(2)5-26-11(9-4-19-6-20-9)10(22-14(26)21-8)12-23-13(25-24-12)15(16,17)18/h4-6H,3H2,1-2H3,(H,19,20)(H,23,24,25). The largest absolute Gasteiger partial charge is 0.451 e. The molecule has 0 radical (unpaired) electrons. The van der Waals surface area contributed by atoms with Gasteiger partial charge in [0, 0.05) is 11.9 Å². The number of rotatable bonds is 3. The first kappa shape index (κ1) is 16.2. The van der Waals surface area contributed by atoms with Crippen LogP contribution in [0.4, 0.5) is 13.2 Å². The second kappa shape index (κ2) is 5.64. The second-order valence-corrected chi connectivity index (χ2v) is 5.67. The zero-order valence-electron chi connectivity index (χ0n) is 13.8. The molecule has 4 heterocycles. The first-order valence-electron chi connectivity index (χ1n) is 7.75. The summed E-state index contributed by atoms with van der Waals surface area (Å²) in [7, 11) is 0. The fourth-order valence-electron chi connectivity index (χ4n) is 2.75. The molecule has 4 aromatic rings. The van der Waals surface area contributed by atoms with Crippen molar-refractivity contribution in [3.63, 3.8) is 0 Å². The first-order chi connectivity index (χ1) is 12.4. The van der Waals surface area contributed by atoms with Gasteiger partial charge < -0.3 is 4.98 Å². The highest BCUT2D eigenvalue weighted by molar-refractivity contribution is 5.76. The van der Waals surface area contributed by atoms with Gasteiger partial charge in [0.05, 0.1) is 18.2 Å². The van der Waals surface area contributed by atoms with Crippen molar-refractivity contribution in [3.05, 3.63) is 35.8 Å². The van der Waals surface area contributed by atoms with Gasteiger partial charge >= 0.3 is 6.18 Å². The quantitative estimate of drug-likeness (QED) is 0.584. The Labute approximate surface area is 144 Å².